The minimum atomic E-state index is 0.797. The molecule has 0 radical (unpaired) electrons. The molecular weight excluding hydrogens is 410 g/mol. The molecule has 0 fully saturated rings. The van der Waals surface area contributed by atoms with Crippen molar-refractivity contribution in [3.63, 3.8) is 0 Å². The van der Waals surface area contributed by atoms with Crippen LogP contribution in [0.2, 0.25) is 0 Å². The first-order valence-corrected chi connectivity index (χ1v) is 12.4. The SMILES string of the molecule is CCN(CC)CCSC1=Nc2ccccc2N(Cc2ccccc2)C(c2ccccc2)=C1. The van der Waals surface area contributed by atoms with Gasteiger partial charge in [0.25, 0.3) is 0 Å². The fourth-order valence-corrected chi connectivity index (χ4v) is 4.86. The summed E-state index contributed by atoms with van der Waals surface area (Å²) in [6.07, 6.45) is 2.27. The van der Waals surface area contributed by atoms with Crippen LogP contribution in [-0.4, -0.2) is 35.3 Å². The molecule has 0 aromatic heterocycles. The van der Waals surface area contributed by atoms with Crippen LogP contribution in [0.5, 0.6) is 0 Å². The van der Waals surface area contributed by atoms with Crippen LogP contribution in [0.3, 0.4) is 0 Å². The fraction of sp³-hybridized carbons (Fsp3) is 0.250. The lowest BCUT2D eigenvalue weighted by molar-refractivity contribution is 0.324. The standard InChI is InChI=1S/C28H31N3S/c1-3-30(4-2)19-20-32-28-21-27(24-15-9-6-10-16-24)31(22-23-13-7-5-8-14-23)26-18-12-11-17-25(26)29-28/h5-18,21H,3-4,19-20,22H2,1-2H3. The topological polar surface area (TPSA) is 18.8 Å². The van der Waals surface area contributed by atoms with Gasteiger partial charge in [0.1, 0.15) is 0 Å². The van der Waals surface area contributed by atoms with Crippen LogP contribution in [0.25, 0.3) is 5.70 Å². The molecule has 0 saturated heterocycles. The van der Waals surface area contributed by atoms with Gasteiger partial charge >= 0.3 is 0 Å². The van der Waals surface area contributed by atoms with Crippen LogP contribution >= 0.6 is 11.8 Å². The maximum atomic E-state index is 5.10. The van der Waals surface area contributed by atoms with Gasteiger partial charge in [0.15, 0.2) is 0 Å². The fourth-order valence-electron chi connectivity index (χ4n) is 3.94. The molecule has 0 bridgehead atoms. The van der Waals surface area contributed by atoms with Crippen molar-refractivity contribution in [1.82, 2.24) is 4.90 Å². The maximum Gasteiger partial charge on any atom is 0.0989 e. The first-order chi connectivity index (χ1) is 15.8. The lowest BCUT2D eigenvalue weighted by Crippen LogP contribution is -2.25. The number of benzene rings is 3. The van der Waals surface area contributed by atoms with E-state index >= 15 is 0 Å². The van der Waals surface area contributed by atoms with E-state index in [1.165, 1.54) is 16.8 Å². The first-order valence-electron chi connectivity index (χ1n) is 11.4. The van der Waals surface area contributed by atoms with Crippen molar-refractivity contribution in [2.24, 2.45) is 4.99 Å². The van der Waals surface area contributed by atoms with E-state index in [9.17, 15) is 0 Å². The quantitative estimate of drug-likeness (QED) is 0.381. The second-order valence-corrected chi connectivity index (χ2v) is 8.90. The molecule has 1 aliphatic heterocycles. The summed E-state index contributed by atoms with van der Waals surface area (Å²) in [4.78, 5) is 9.96. The average molecular weight is 442 g/mol. The van der Waals surface area contributed by atoms with Gasteiger partial charge in [0, 0.05) is 18.8 Å². The lowest BCUT2D eigenvalue weighted by Gasteiger charge is -2.28. The van der Waals surface area contributed by atoms with E-state index in [0.717, 1.165) is 48.4 Å². The van der Waals surface area contributed by atoms with E-state index in [4.69, 9.17) is 4.99 Å². The number of nitrogens with zero attached hydrogens (tertiary/aromatic N) is 3. The maximum absolute atomic E-state index is 5.10. The molecule has 0 amide bonds. The molecule has 4 heteroatoms. The summed E-state index contributed by atoms with van der Waals surface area (Å²) in [5.41, 5.74) is 5.84. The summed E-state index contributed by atoms with van der Waals surface area (Å²) in [5, 5.41) is 1.07. The number of thioether (sulfide) groups is 1. The van der Waals surface area contributed by atoms with E-state index in [-0.39, 0.29) is 0 Å². The third kappa shape index (κ3) is 5.50. The first kappa shape index (κ1) is 22.4. The van der Waals surface area contributed by atoms with Gasteiger partial charge in [-0.15, -0.1) is 11.8 Å². The predicted molar refractivity (Wildman–Crippen MR) is 141 cm³/mol. The van der Waals surface area contributed by atoms with E-state index in [0.29, 0.717) is 0 Å². The van der Waals surface area contributed by atoms with Gasteiger partial charge in [-0.3, -0.25) is 0 Å². The minimum absolute atomic E-state index is 0.797. The van der Waals surface area contributed by atoms with Crippen LogP contribution < -0.4 is 4.90 Å². The molecular formula is C28H31N3S. The Morgan fingerprint density at radius 1 is 0.812 bits per heavy atom. The third-order valence-corrected chi connectivity index (χ3v) is 6.65. The number of fused-ring (bicyclic) bond motifs is 1. The van der Waals surface area contributed by atoms with Gasteiger partial charge in [-0.1, -0.05) is 86.6 Å². The van der Waals surface area contributed by atoms with Crippen molar-refractivity contribution in [3.05, 3.63) is 102 Å². The van der Waals surface area contributed by atoms with Gasteiger partial charge in [-0.2, -0.15) is 0 Å². The highest BCUT2D eigenvalue weighted by Crippen LogP contribution is 2.39. The van der Waals surface area contributed by atoms with Crippen LogP contribution in [0.1, 0.15) is 25.0 Å². The van der Waals surface area contributed by atoms with Crippen molar-refractivity contribution in [3.8, 4) is 0 Å². The molecule has 0 aliphatic carbocycles. The molecule has 32 heavy (non-hydrogen) atoms. The summed E-state index contributed by atoms with van der Waals surface area (Å²) in [5.74, 6) is 1.03. The molecule has 3 nitrogen and oxygen atoms in total. The van der Waals surface area contributed by atoms with Gasteiger partial charge in [-0.25, -0.2) is 4.99 Å². The zero-order chi connectivity index (χ0) is 22.2. The molecule has 1 aliphatic rings. The van der Waals surface area contributed by atoms with Crippen molar-refractivity contribution >= 4 is 33.9 Å². The van der Waals surface area contributed by atoms with E-state index in [1.807, 2.05) is 11.8 Å². The van der Waals surface area contributed by atoms with E-state index in [1.54, 1.807) is 0 Å². The normalized spacial score (nSPS) is 13.4. The molecule has 0 unspecified atom stereocenters. The number of para-hydroxylation sites is 2. The smallest absolute Gasteiger partial charge is 0.0989 e. The van der Waals surface area contributed by atoms with Gasteiger partial charge in [-0.05, 0) is 42.4 Å². The molecule has 3 aromatic rings. The monoisotopic (exact) mass is 441 g/mol. The zero-order valence-corrected chi connectivity index (χ0v) is 19.8. The molecule has 4 rings (SSSR count). The van der Waals surface area contributed by atoms with Crippen LogP contribution in [0.4, 0.5) is 11.4 Å². The Kier molecular flexibility index (Phi) is 7.81. The Balaban J connectivity index is 1.72. The van der Waals surface area contributed by atoms with Crippen LogP contribution in [-0.2, 0) is 6.54 Å². The highest BCUT2D eigenvalue weighted by Gasteiger charge is 2.21. The zero-order valence-electron chi connectivity index (χ0n) is 18.9. The number of anilines is 1. The number of hydrogen-bond acceptors (Lipinski definition) is 4. The highest BCUT2D eigenvalue weighted by atomic mass is 32.2. The Hall–Kier alpha value is -2.82. The van der Waals surface area contributed by atoms with Crippen molar-refractivity contribution < 1.29 is 0 Å². The largest absolute Gasteiger partial charge is 0.335 e. The predicted octanol–water partition coefficient (Wildman–Crippen LogP) is 6.85. The van der Waals surface area contributed by atoms with Gasteiger partial charge in [0.05, 0.1) is 22.1 Å². The number of hydrogen-bond donors (Lipinski definition) is 0. The second-order valence-electron chi connectivity index (χ2n) is 7.78. The van der Waals surface area contributed by atoms with E-state index in [2.05, 4.69) is 115 Å². The Morgan fingerprint density at radius 3 is 2.19 bits per heavy atom. The molecule has 164 valence electrons. The lowest BCUT2D eigenvalue weighted by atomic mass is 10.1. The molecule has 1 heterocycles. The molecule has 3 aromatic carbocycles. The van der Waals surface area contributed by atoms with E-state index < -0.39 is 0 Å². The highest BCUT2D eigenvalue weighted by molar-refractivity contribution is 8.14. The Morgan fingerprint density at radius 2 is 1.47 bits per heavy atom. The van der Waals surface area contributed by atoms with Crippen molar-refractivity contribution in [2.75, 3.05) is 30.3 Å². The minimum Gasteiger partial charge on any atom is -0.335 e. The van der Waals surface area contributed by atoms with Gasteiger partial charge < -0.3 is 9.80 Å². The average Bonchev–Trinajstić information content (AvgIpc) is 3.00. The summed E-state index contributed by atoms with van der Waals surface area (Å²) < 4.78 is 0. The Labute approximate surface area is 196 Å². The van der Waals surface area contributed by atoms with Crippen molar-refractivity contribution in [2.45, 2.75) is 20.4 Å². The Bertz CT molecular complexity index is 1060. The molecule has 0 atom stereocenters. The molecule has 0 N–H and O–H groups in total. The van der Waals surface area contributed by atoms with Gasteiger partial charge in [0.2, 0.25) is 0 Å². The molecule has 0 spiro atoms. The summed E-state index contributed by atoms with van der Waals surface area (Å²) >= 11 is 1.85. The third-order valence-electron chi connectivity index (χ3n) is 5.76. The number of aliphatic imine (C=N–C) groups is 1. The second kappa shape index (κ2) is 11.2. The van der Waals surface area contributed by atoms with Crippen LogP contribution in [0, 0.1) is 0 Å². The molecule has 0 saturated carbocycles. The summed E-state index contributed by atoms with van der Waals surface area (Å²) in [6, 6.07) is 29.8. The summed E-state index contributed by atoms with van der Waals surface area (Å²) in [7, 11) is 0. The number of rotatable bonds is 8. The van der Waals surface area contributed by atoms with Crippen molar-refractivity contribution in [1.29, 1.82) is 0 Å². The summed E-state index contributed by atoms with van der Waals surface area (Å²) in [6.45, 7) is 8.49. The van der Waals surface area contributed by atoms with Crippen LogP contribution in [0.15, 0.2) is 96.0 Å².